The van der Waals surface area contributed by atoms with E-state index in [0.717, 1.165) is 6.26 Å². The minimum atomic E-state index is -3.41. The Morgan fingerprint density at radius 3 is 2.35 bits per heavy atom. The Kier molecular flexibility index (Phi) is 3.77. The Bertz CT molecular complexity index is 545. The molecule has 1 rings (SSSR count). The van der Waals surface area contributed by atoms with Gasteiger partial charge in [-0.2, -0.15) is 0 Å². The first-order valence-corrected chi connectivity index (χ1v) is 6.83. The van der Waals surface area contributed by atoms with E-state index in [4.69, 9.17) is 4.74 Å². The predicted molar refractivity (Wildman–Crippen MR) is 59.8 cm³/mol. The van der Waals surface area contributed by atoms with Crippen molar-refractivity contribution in [3.8, 4) is 5.75 Å². The number of carboxylic acids is 1. The van der Waals surface area contributed by atoms with E-state index in [-0.39, 0.29) is 16.2 Å². The molecule has 0 radical (unpaired) electrons. The van der Waals surface area contributed by atoms with Crippen LogP contribution in [0.5, 0.6) is 5.75 Å². The van der Waals surface area contributed by atoms with Crippen LogP contribution in [0.1, 0.15) is 22.8 Å². The highest BCUT2D eigenvalue weighted by atomic mass is 32.2. The van der Waals surface area contributed by atoms with Crippen LogP contribution in [0.2, 0.25) is 0 Å². The van der Waals surface area contributed by atoms with Gasteiger partial charge >= 0.3 is 0 Å². The van der Waals surface area contributed by atoms with E-state index >= 15 is 0 Å². The fourth-order valence-corrected chi connectivity index (χ4v) is 2.69. The highest BCUT2D eigenvalue weighted by Gasteiger charge is 2.19. The molecule has 17 heavy (non-hydrogen) atoms. The molecular weight excluding hydrogens is 244 g/mol. The third-order valence-electron chi connectivity index (χ3n) is 2.39. The van der Waals surface area contributed by atoms with Crippen molar-refractivity contribution in [2.75, 3.05) is 13.4 Å². The second-order valence-electron chi connectivity index (χ2n) is 3.54. The molecule has 0 saturated carbocycles. The third-order valence-corrected chi connectivity index (χ3v) is 3.58. The first-order chi connectivity index (χ1) is 7.82. The van der Waals surface area contributed by atoms with Gasteiger partial charge in [-0.1, -0.05) is 6.92 Å². The van der Waals surface area contributed by atoms with Crippen molar-refractivity contribution in [2.45, 2.75) is 18.2 Å². The van der Waals surface area contributed by atoms with Gasteiger partial charge in [-0.25, -0.2) is 8.42 Å². The summed E-state index contributed by atoms with van der Waals surface area (Å²) in [4.78, 5) is 11.0. The minimum Gasteiger partial charge on any atom is -0.545 e. The van der Waals surface area contributed by atoms with Crippen molar-refractivity contribution in [1.82, 2.24) is 0 Å². The molecule has 0 heterocycles. The number of carbonyl (C=O) groups excluding carboxylic acids is 1. The summed E-state index contributed by atoms with van der Waals surface area (Å²) in [5.74, 6) is -1.34. The van der Waals surface area contributed by atoms with Crippen LogP contribution in [0.15, 0.2) is 17.0 Å². The molecule has 94 valence electrons. The summed E-state index contributed by atoms with van der Waals surface area (Å²) in [5, 5.41) is 10.9. The van der Waals surface area contributed by atoms with E-state index in [0.29, 0.717) is 12.0 Å². The summed E-state index contributed by atoms with van der Waals surface area (Å²) in [5.41, 5.74) is 0.216. The summed E-state index contributed by atoms with van der Waals surface area (Å²) < 4.78 is 28.1. The Balaban J connectivity index is 3.66. The van der Waals surface area contributed by atoms with Gasteiger partial charge in [-0.05, 0) is 18.6 Å². The first kappa shape index (κ1) is 13.5. The lowest BCUT2D eigenvalue weighted by molar-refractivity contribution is -0.255. The average molecular weight is 257 g/mol. The van der Waals surface area contributed by atoms with Crippen LogP contribution in [0.3, 0.4) is 0 Å². The van der Waals surface area contributed by atoms with E-state index in [1.807, 2.05) is 0 Å². The Morgan fingerprint density at radius 1 is 1.41 bits per heavy atom. The normalized spacial score (nSPS) is 11.2. The molecule has 1 aromatic rings. The zero-order chi connectivity index (χ0) is 13.2. The SMILES string of the molecule is CCc1c(S(C)(=O)=O)ccc(C(=O)[O-])c1OC. The van der Waals surface area contributed by atoms with Gasteiger partial charge in [0, 0.05) is 17.4 Å². The topological polar surface area (TPSA) is 83.5 Å². The van der Waals surface area contributed by atoms with Gasteiger partial charge < -0.3 is 14.6 Å². The highest BCUT2D eigenvalue weighted by Crippen LogP contribution is 2.30. The molecule has 0 bridgehead atoms. The van der Waals surface area contributed by atoms with Gasteiger partial charge in [-0.3, -0.25) is 0 Å². The van der Waals surface area contributed by atoms with Crippen LogP contribution in [0.25, 0.3) is 0 Å². The zero-order valence-electron chi connectivity index (χ0n) is 9.81. The predicted octanol–water partition coefficient (Wildman–Crippen LogP) is 0.0246. The van der Waals surface area contributed by atoms with Gasteiger partial charge in [0.25, 0.3) is 0 Å². The van der Waals surface area contributed by atoms with E-state index in [1.165, 1.54) is 19.2 Å². The molecule has 0 fully saturated rings. The second-order valence-corrected chi connectivity index (χ2v) is 5.52. The Labute approximate surface area is 100.0 Å². The molecule has 5 nitrogen and oxygen atoms in total. The number of ether oxygens (including phenoxy) is 1. The summed E-state index contributed by atoms with van der Waals surface area (Å²) in [6.45, 7) is 1.73. The standard InChI is InChI=1S/C11H14O5S/c1-4-7-9(17(3,14)15)6-5-8(11(12)13)10(7)16-2/h5-6H,4H2,1-3H3,(H,12,13)/p-1. The van der Waals surface area contributed by atoms with Crippen molar-refractivity contribution in [2.24, 2.45) is 0 Å². The molecule has 0 aliphatic carbocycles. The molecular formula is C11H13O5S-. The third kappa shape index (κ3) is 2.58. The lowest BCUT2D eigenvalue weighted by atomic mass is 10.1. The van der Waals surface area contributed by atoms with Crippen LogP contribution in [-0.2, 0) is 16.3 Å². The van der Waals surface area contributed by atoms with Gasteiger partial charge in [-0.15, -0.1) is 0 Å². The van der Waals surface area contributed by atoms with Crippen LogP contribution in [-0.4, -0.2) is 27.8 Å². The monoisotopic (exact) mass is 257 g/mol. The maximum absolute atomic E-state index is 11.5. The van der Waals surface area contributed by atoms with Crippen LogP contribution >= 0.6 is 0 Å². The molecule has 0 N–H and O–H groups in total. The summed E-state index contributed by atoms with van der Waals surface area (Å²) in [6, 6.07) is 2.45. The number of hydrogen-bond acceptors (Lipinski definition) is 5. The molecule has 0 atom stereocenters. The molecule has 1 aromatic carbocycles. The van der Waals surface area contributed by atoms with Crippen molar-refractivity contribution < 1.29 is 23.1 Å². The largest absolute Gasteiger partial charge is 0.545 e. The van der Waals surface area contributed by atoms with Gasteiger partial charge in [0.05, 0.1) is 18.0 Å². The number of sulfone groups is 1. The van der Waals surface area contributed by atoms with Crippen molar-refractivity contribution in [3.05, 3.63) is 23.3 Å². The van der Waals surface area contributed by atoms with E-state index in [2.05, 4.69) is 0 Å². The zero-order valence-corrected chi connectivity index (χ0v) is 10.6. The van der Waals surface area contributed by atoms with Crippen LogP contribution < -0.4 is 9.84 Å². The molecule has 0 spiro atoms. The first-order valence-electron chi connectivity index (χ1n) is 4.94. The van der Waals surface area contributed by atoms with Crippen molar-refractivity contribution >= 4 is 15.8 Å². The highest BCUT2D eigenvalue weighted by molar-refractivity contribution is 7.90. The fourth-order valence-electron chi connectivity index (χ4n) is 1.69. The summed E-state index contributed by atoms with van der Waals surface area (Å²) >= 11 is 0. The van der Waals surface area contributed by atoms with Gasteiger partial charge in [0.1, 0.15) is 5.75 Å². The molecule has 0 aromatic heterocycles. The maximum atomic E-state index is 11.5. The lowest BCUT2D eigenvalue weighted by Gasteiger charge is -2.16. The fraction of sp³-hybridized carbons (Fsp3) is 0.364. The minimum absolute atomic E-state index is 0.0513. The average Bonchev–Trinajstić information content (AvgIpc) is 2.25. The van der Waals surface area contributed by atoms with E-state index in [9.17, 15) is 18.3 Å². The second kappa shape index (κ2) is 4.75. The van der Waals surface area contributed by atoms with E-state index in [1.54, 1.807) is 6.92 Å². The number of carbonyl (C=O) groups is 1. The number of hydrogen-bond donors (Lipinski definition) is 0. The van der Waals surface area contributed by atoms with Crippen LogP contribution in [0, 0.1) is 0 Å². The van der Waals surface area contributed by atoms with Crippen molar-refractivity contribution in [3.63, 3.8) is 0 Å². The molecule has 0 amide bonds. The molecule has 0 unspecified atom stereocenters. The number of rotatable bonds is 4. The van der Waals surface area contributed by atoms with Gasteiger partial charge in [0.15, 0.2) is 9.84 Å². The summed E-state index contributed by atoms with van der Waals surface area (Å²) in [7, 11) is -2.12. The smallest absolute Gasteiger partial charge is 0.175 e. The van der Waals surface area contributed by atoms with Gasteiger partial charge in [0.2, 0.25) is 0 Å². The molecule has 0 saturated heterocycles. The molecule has 0 aliphatic rings. The molecule has 6 heteroatoms. The lowest BCUT2D eigenvalue weighted by Crippen LogP contribution is -2.23. The van der Waals surface area contributed by atoms with Crippen LogP contribution in [0.4, 0.5) is 0 Å². The van der Waals surface area contributed by atoms with Crippen molar-refractivity contribution in [1.29, 1.82) is 0 Å². The summed E-state index contributed by atoms with van der Waals surface area (Å²) in [6.07, 6.45) is 1.42. The number of aromatic carboxylic acids is 1. The number of methoxy groups -OCH3 is 1. The quantitative estimate of drug-likeness (QED) is 0.759. The Hall–Kier alpha value is -1.56. The Morgan fingerprint density at radius 2 is 2.00 bits per heavy atom. The number of benzene rings is 1. The number of carboxylic acid groups (broad SMARTS) is 1. The molecule has 0 aliphatic heterocycles. The van der Waals surface area contributed by atoms with E-state index < -0.39 is 15.8 Å². The maximum Gasteiger partial charge on any atom is 0.175 e.